The lowest BCUT2D eigenvalue weighted by Gasteiger charge is -2.09. The minimum Gasteiger partial charge on any atom is -0.489 e. The highest BCUT2D eigenvalue weighted by Crippen LogP contribution is 2.24. The van der Waals surface area contributed by atoms with Crippen LogP contribution in [0.2, 0.25) is 0 Å². The maximum absolute atomic E-state index is 13.0. The van der Waals surface area contributed by atoms with Gasteiger partial charge < -0.3 is 9.84 Å². The van der Waals surface area contributed by atoms with Crippen molar-refractivity contribution in [2.24, 2.45) is 0 Å². The van der Waals surface area contributed by atoms with Gasteiger partial charge >= 0.3 is 5.97 Å². The molecule has 0 spiro atoms. The van der Waals surface area contributed by atoms with E-state index in [4.69, 9.17) is 9.84 Å². The first-order chi connectivity index (χ1) is 11.6. The molecule has 3 nitrogen and oxygen atoms in total. The highest BCUT2D eigenvalue weighted by Gasteiger charge is 2.05. The third-order valence-electron chi connectivity index (χ3n) is 3.59. The Bertz CT molecular complexity index is 857. The lowest BCUT2D eigenvalue weighted by atomic mass is 10.1. The molecule has 0 amide bonds. The van der Waals surface area contributed by atoms with Crippen molar-refractivity contribution in [1.82, 2.24) is 0 Å². The highest BCUT2D eigenvalue weighted by atomic mass is 19.1. The Labute approximate surface area is 139 Å². The maximum atomic E-state index is 13.0. The predicted octanol–water partition coefficient (Wildman–Crippen LogP) is 4.77. The van der Waals surface area contributed by atoms with Gasteiger partial charge in [0.05, 0.1) is 5.56 Å². The summed E-state index contributed by atoms with van der Waals surface area (Å²) in [7, 11) is 0. The number of aromatic carboxylic acids is 1. The van der Waals surface area contributed by atoms with E-state index in [9.17, 15) is 9.18 Å². The molecule has 1 N–H and O–H groups in total. The molecule has 0 saturated carbocycles. The van der Waals surface area contributed by atoms with E-state index in [-0.39, 0.29) is 18.0 Å². The van der Waals surface area contributed by atoms with E-state index >= 15 is 0 Å². The number of carboxylic acids is 1. The zero-order valence-electron chi connectivity index (χ0n) is 12.8. The number of rotatable bonds is 5. The Morgan fingerprint density at radius 2 is 1.67 bits per heavy atom. The third-order valence-corrected chi connectivity index (χ3v) is 3.59. The lowest BCUT2D eigenvalue weighted by Crippen LogP contribution is -2.00. The largest absolute Gasteiger partial charge is 0.489 e. The van der Waals surface area contributed by atoms with Gasteiger partial charge in [0.15, 0.2) is 0 Å². The van der Waals surface area contributed by atoms with Gasteiger partial charge in [0, 0.05) is 0 Å². The SMILES string of the molecule is O=C(O)c1cccc(COc2cccc(-c3ccc(F)cc3)c2)c1. The van der Waals surface area contributed by atoms with Gasteiger partial charge in [-0.2, -0.15) is 0 Å². The molecule has 0 heterocycles. The van der Waals surface area contributed by atoms with E-state index < -0.39 is 5.97 Å². The Morgan fingerprint density at radius 3 is 2.42 bits per heavy atom. The van der Waals surface area contributed by atoms with E-state index in [0.717, 1.165) is 16.7 Å². The van der Waals surface area contributed by atoms with E-state index in [0.29, 0.717) is 5.75 Å². The molecule has 0 radical (unpaired) electrons. The number of hydrogen-bond donors (Lipinski definition) is 1. The van der Waals surface area contributed by atoms with Gasteiger partial charge in [-0.05, 0) is 53.1 Å². The molecule has 0 atom stereocenters. The molecule has 0 aliphatic carbocycles. The van der Waals surface area contributed by atoms with Crippen LogP contribution in [0.15, 0.2) is 72.8 Å². The Kier molecular flexibility index (Phi) is 4.57. The fourth-order valence-electron chi connectivity index (χ4n) is 2.37. The second-order valence-electron chi connectivity index (χ2n) is 5.33. The van der Waals surface area contributed by atoms with Gasteiger partial charge in [-0.3, -0.25) is 0 Å². The van der Waals surface area contributed by atoms with Gasteiger partial charge in [0.25, 0.3) is 0 Å². The fourth-order valence-corrected chi connectivity index (χ4v) is 2.37. The summed E-state index contributed by atoms with van der Waals surface area (Å²) < 4.78 is 18.8. The van der Waals surface area contributed by atoms with Crippen molar-refractivity contribution in [3.63, 3.8) is 0 Å². The van der Waals surface area contributed by atoms with Crippen molar-refractivity contribution in [1.29, 1.82) is 0 Å². The quantitative estimate of drug-likeness (QED) is 0.736. The van der Waals surface area contributed by atoms with Gasteiger partial charge in [-0.1, -0.05) is 36.4 Å². The second kappa shape index (κ2) is 6.96. The minimum atomic E-state index is -0.963. The van der Waals surface area contributed by atoms with Gasteiger partial charge in [-0.15, -0.1) is 0 Å². The van der Waals surface area contributed by atoms with Gasteiger partial charge in [0.1, 0.15) is 18.2 Å². The smallest absolute Gasteiger partial charge is 0.335 e. The van der Waals surface area contributed by atoms with Crippen LogP contribution in [0.25, 0.3) is 11.1 Å². The molecule has 0 aliphatic heterocycles. The van der Waals surface area contributed by atoms with Crippen molar-refractivity contribution in [3.05, 3.63) is 89.7 Å². The molecule has 0 bridgehead atoms. The van der Waals surface area contributed by atoms with Crippen LogP contribution in [-0.4, -0.2) is 11.1 Å². The number of carbonyl (C=O) groups is 1. The van der Waals surface area contributed by atoms with Crippen LogP contribution in [0, 0.1) is 5.82 Å². The fraction of sp³-hybridized carbons (Fsp3) is 0.0500. The Hall–Kier alpha value is -3.14. The molecule has 3 rings (SSSR count). The molecular weight excluding hydrogens is 307 g/mol. The van der Waals surface area contributed by atoms with Crippen molar-refractivity contribution in [2.45, 2.75) is 6.61 Å². The third kappa shape index (κ3) is 3.79. The Morgan fingerprint density at radius 1 is 0.917 bits per heavy atom. The first kappa shape index (κ1) is 15.7. The minimum absolute atomic E-state index is 0.233. The Balaban J connectivity index is 1.74. The van der Waals surface area contributed by atoms with Crippen molar-refractivity contribution < 1.29 is 19.0 Å². The zero-order valence-corrected chi connectivity index (χ0v) is 12.8. The predicted molar refractivity (Wildman–Crippen MR) is 89.6 cm³/mol. The molecule has 4 heteroatoms. The van der Waals surface area contributed by atoms with Crippen molar-refractivity contribution >= 4 is 5.97 Å². The summed E-state index contributed by atoms with van der Waals surface area (Å²) >= 11 is 0. The summed E-state index contributed by atoms with van der Waals surface area (Å²) in [6.07, 6.45) is 0. The van der Waals surface area contributed by atoms with Crippen molar-refractivity contribution in [2.75, 3.05) is 0 Å². The van der Waals surface area contributed by atoms with Gasteiger partial charge in [0.2, 0.25) is 0 Å². The molecular formula is C20H15FO3. The molecule has 3 aromatic rings. The number of halogens is 1. The van der Waals surface area contributed by atoms with E-state index in [2.05, 4.69) is 0 Å². The summed E-state index contributed by atoms with van der Waals surface area (Å²) in [5.41, 5.74) is 2.83. The summed E-state index contributed by atoms with van der Waals surface area (Å²) in [4.78, 5) is 11.0. The number of ether oxygens (including phenoxy) is 1. The molecule has 0 saturated heterocycles. The summed E-state index contributed by atoms with van der Waals surface area (Å²) in [5, 5.41) is 9.01. The standard InChI is InChI=1S/C20H15FO3/c21-18-9-7-15(8-10-18)16-4-2-6-19(12-16)24-13-14-3-1-5-17(11-14)20(22)23/h1-12H,13H2,(H,22,23). The van der Waals surface area contributed by atoms with E-state index in [1.807, 2.05) is 30.3 Å². The average molecular weight is 322 g/mol. The molecule has 0 aliphatic rings. The van der Waals surface area contributed by atoms with Crippen molar-refractivity contribution in [3.8, 4) is 16.9 Å². The highest BCUT2D eigenvalue weighted by molar-refractivity contribution is 5.87. The first-order valence-electron chi connectivity index (χ1n) is 7.43. The van der Waals surface area contributed by atoms with Crippen LogP contribution in [0.3, 0.4) is 0 Å². The maximum Gasteiger partial charge on any atom is 0.335 e. The second-order valence-corrected chi connectivity index (χ2v) is 5.33. The normalized spacial score (nSPS) is 10.4. The van der Waals surface area contributed by atoms with Crippen LogP contribution >= 0.6 is 0 Å². The van der Waals surface area contributed by atoms with Crippen LogP contribution in [0.4, 0.5) is 4.39 Å². The molecule has 3 aromatic carbocycles. The van der Waals surface area contributed by atoms with Crippen LogP contribution < -0.4 is 4.74 Å². The number of hydrogen-bond acceptors (Lipinski definition) is 2. The summed E-state index contributed by atoms with van der Waals surface area (Å²) in [6.45, 7) is 0.272. The molecule has 0 fully saturated rings. The van der Waals surface area contributed by atoms with Crippen LogP contribution in [0.1, 0.15) is 15.9 Å². The molecule has 0 aromatic heterocycles. The molecule has 120 valence electrons. The molecule has 0 unspecified atom stereocenters. The number of benzene rings is 3. The monoisotopic (exact) mass is 322 g/mol. The molecule has 24 heavy (non-hydrogen) atoms. The topological polar surface area (TPSA) is 46.5 Å². The number of carboxylic acid groups (broad SMARTS) is 1. The van der Waals surface area contributed by atoms with Crippen LogP contribution in [0.5, 0.6) is 5.75 Å². The first-order valence-corrected chi connectivity index (χ1v) is 7.43. The zero-order chi connectivity index (χ0) is 16.9. The summed E-state index contributed by atoms with van der Waals surface area (Å²) in [6, 6.07) is 20.4. The average Bonchev–Trinajstić information content (AvgIpc) is 2.61. The summed E-state index contributed by atoms with van der Waals surface area (Å²) in [5.74, 6) is -0.572. The van der Waals surface area contributed by atoms with Crippen LogP contribution in [-0.2, 0) is 6.61 Å². The van der Waals surface area contributed by atoms with E-state index in [1.165, 1.54) is 12.1 Å². The lowest BCUT2D eigenvalue weighted by molar-refractivity contribution is 0.0696. The van der Waals surface area contributed by atoms with E-state index in [1.54, 1.807) is 30.3 Å². The van der Waals surface area contributed by atoms with Gasteiger partial charge in [-0.25, -0.2) is 9.18 Å².